The van der Waals surface area contributed by atoms with E-state index in [1.165, 1.54) is 25.4 Å². The lowest BCUT2D eigenvalue weighted by Gasteiger charge is -2.08. The molecule has 0 aliphatic rings. The van der Waals surface area contributed by atoms with Crippen molar-refractivity contribution >= 4 is 29.1 Å². The summed E-state index contributed by atoms with van der Waals surface area (Å²) in [7, 11) is 3.03. The third kappa shape index (κ3) is 3.51. The largest absolute Gasteiger partial charge is 0.465 e. The number of rotatable bonds is 4. The third-order valence-corrected chi connectivity index (χ3v) is 2.93. The Morgan fingerprint density at radius 2 is 1.95 bits per heavy atom. The third-order valence-electron chi connectivity index (χ3n) is 2.93. The van der Waals surface area contributed by atoms with Gasteiger partial charge in [0.25, 0.3) is 5.91 Å². The van der Waals surface area contributed by atoms with Gasteiger partial charge in [0.15, 0.2) is 0 Å². The van der Waals surface area contributed by atoms with Gasteiger partial charge < -0.3 is 21.1 Å². The standard InChI is InChI=1S/C15H16N4O3/c1-17-12-6-10(5-11(16)7-12)14(20)19-13-4-3-9(8-18-13)15(21)22-2/h3-8,17H,16H2,1-2H3,(H,18,19,20). The fourth-order valence-corrected chi connectivity index (χ4v) is 1.82. The molecule has 1 heterocycles. The van der Waals surface area contributed by atoms with E-state index in [2.05, 4.69) is 20.4 Å². The van der Waals surface area contributed by atoms with E-state index in [-0.39, 0.29) is 5.91 Å². The number of ether oxygens (including phenoxy) is 1. The van der Waals surface area contributed by atoms with Crippen molar-refractivity contribution in [2.45, 2.75) is 0 Å². The van der Waals surface area contributed by atoms with Gasteiger partial charge in [-0.2, -0.15) is 0 Å². The van der Waals surface area contributed by atoms with Gasteiger partial charge in [-0.15, -0.1) is 0 Å². The van der Waals surface area contributed by atoms with E-state index in [0.29, 0.717) is 22.6 Å². The summed E-state index contributed by atoms with van der Waals surface area (Å²) in [5.74, 6) is -0.506. The van der Waals surface area contributed by atoms with Gasteiger partial charge in [-0.1, -0.05) is 0 Å². The summed E-state index contributed by atoms with van der Waals surface area (Å²) in [6.45, 7) is 0. The maximum Gasteiger partial charge on any atom is 0.339 e. The van der Waals surface area contributed by atoms with Gasteiger partial charge in [0.1, 0.15) is 5.82 Å². The Morgan fingerprint density at radius 3 is 2.55 bits per heavy atom. The highest BCUT2D eigenvalue weighted by Crippen LogP contribution is 2.17. The molecule has 0 unspecified atom stereocenters. The van der Waals surface area contributed by atoms with Gasteiger partial charge in [-0.3, -0.25) is 4.79 Å². The van der Waals surface area contributed by atoms with Gasteiger partial charge in [0.2, 0.25) is 0 Å². The summed E-state index contributed by atoms with van der Waals surface area (Å²) in [5, 5.41) is 5.56. The van der Waals surface area contributed by atoms with Crippen molar-refractivity contribution < 1.29 is 14.3 Å². The second-order valence-electron chi connectivity index (χ2n) is 4.47. The number of amides is 1. The number of hydrogen-bond acceptors (Lipinski definition) is 6. The Morgan fingerprint density at radius 1 is 1.18 bits per heavy atom. The summed E-state index contributed by atoms with van der Waals surface area (Å²) < 4.78 is 4.58. The van der Waals surface area contributed by atoms with Gasteiger partial charge in [0, 0.05) is 30.2 Å². The van der Waals surface area contributed by atoms with Crippen LogP contribution in [0.1, 0.15) is 20.7 Å². The number of nitrogens with two attached hydrogens (primary N) is 1. The van der Waals surface area contributed by atoms with Crippen LogP contribution in [-0.2, 0) is 4.74 Å². The highest BCUT2D eigenvalue weighted by Gasteiger charge is 2.10. The Bertz CT molecular complexity index is 698. The number of carbonyl (C=O) groups excluding carboxylic acids is 2. The van der Waals surface area contributed by atoms with Crippen molar-refractivity contribution in [3.8, 4) is 0 Å². The molecule has 1 aromatic heterocycles. The molecule has 2 rings (SSSR count). The minimum Gasteiger partial charge on any atom is -0.465 e. The lowest BCUT2D eigenvalue weighted by Crippen LogP contribution is -2.14. The number of aromatic nitrogens is 1. The minimum atomic E-state index is -0.486. The normalized spacial score (nSPS) is 9.91. The van der Waals surface area contributed by atoms with Crippen molar-refractivity contribution in [2.24, 2.45) is 0 Å². The second-order valence-corrected chi connectivity index (χ2v) is 4.47. The number of hydrogen-bond donors (Lipinski definition) is 3. The summed E-state index contributed by atoms with van der Waals surface area (Å²) in [4.78, 5) is 27.5. The fraction of sp³-hybridized carbons (Fsp3) is 0.133. The van der Waals surface area contributed by atoms with Crippen molar-refractivity contribution in [1.82, 2.24) is 4.98 Å². The zero-order valence-corrected chi connectivity index (χ0v) is 12.2. The summed E-state index contributed by atoms with van der Waals surface area (Å²) in [5.41, 5.74) is 7.67. The van der Waals surface area contributed by atoms with Gasteiger partial charge in [-0.25, -0.2) is 9.78 Å². The number of benzene rings is 1. The first-order chi connectivity index (χ1) is 10.5. The van der Waals surface area contributed by atoms with E-state index in [9.17, 15) is 9.59 Å². The molecular formula is C15H16N4O3. The predicted octanol–water partition coefficient (Wildman–Crippen LogP) is 1.74. The van der Waals surface area contributed by atoms with Crippen molar-refractivity contribution in [3.63, 3.8) is 0 Å². The molecule has 4 N–H and O–H groups in total. The van der Waals surface area contributed by atoms with Crippen LogP contribution in [0.5, 0.6) is 0 Å². The monoisotopic (exact) mass is 300 g/mol. The number of nitrogens with one attached hydrogen (secondary N) is 2. The van der Waals surface area contributed by atoms with Crippen LogP contribution in [0.4, 0.5) is 17.2 Å². The maximum atomic E-state index is 12.2. The van der Waals surface area contributed by atoms with Crippen LogP contribution in [0.25, 0.3) is 0 Å². The van der Waals surface area contributed by atoms with Crippen LogP contribution in [0.2, 0.25) is 0 Å². The van der Waals surface area contributed by atoms with Gasteiger partial charge in [-0.05, 0) is 30.3 Å². The van der Waals surface area contributed by atoms with E-state index < -0.39 is 5.97 Å². The van der Waals surface area contributed by atoms with E-state index in [1.807, 2.05) is 0 Å². The molecule has 1 aromatic carbocycles. The van der Waals surface area contributed by atoms with E-state index in [4.69, 9.17) is 5.73 Å². The molecule has 0 bridgehead atoms. The molecule has 0 fully saturated rings. The molecule has 7 heteroatoms. The number of pyridine rings is 1. The van der Waals surface area contributed by atoms with Crippen LogP contribution in [-0.4, -0.2) is 31.0 Å². The first-order valence-electron chi connectivity index (χ1n) is 6.47. The molecule has 0 saturated heterocycles. The van der Waals surface area contributed by atoms with E-state index in [0.717, 1.165) is 5.69 Å². The van der Waals surface area contributed by atoms with E-state index >= 15 is 0 Å². The number of carbonyl (C=O) groups is 2. The number of esters is 1. The Hall–Kier alpha value is -3.09. The lowest BCUT2D eigenvalue weighted by molar-refractivity contribution is 0.0600. The molecule has 0 aliphatic carbocycles. The van der Waals surface area contributed by atoms with Crippen LogP contribution < -0.4 is 16.4 Å². The average Bonchev–Trinajstić information content (AvgIpc) is 2.54. The number of nitrogens with zero attached hydrogens (tertiary/aromatic N) is 1. The lowest BCUT2D eigenvalue weighted by atomic mass is 10.1. The molecule has 0 saturated carbocycles. The Kier molecular flexibility index (Phi) is 4.57. The first-order valence-corrected chi connectivity index (χ1v) is 6.47. The summed E-state index contributed by atoms with van der Waals surface area (Å²) >= 11 is 0. The molecule has 114 valence electrons. The van der Waals surface area contributed by atoms with Crippen LogP contribution >= 0.6 is 0 Å². The molecule has 0 atom stereocenters. The Balaban J connectivity index is 2.15. The predicted molar refractivity (Wildman–Crippen MR) is 83.9 cm³/mol. The SMILES string of the molecule is CNc1cc(N)cc(C(=O)Nc2ccc(C(=O)OC)cn2)c1. The van der Waals surface area contributed by atoms with Crippen molar-refractivity contribution in [2.75, 3.05) is 30.5 Å². The molecular weight excluding hydrogens is 284 g/mol. The quantitative estimate of drug-likeness (QED) is 0.586. The first kappa shape index (κ1) is 15.3. The topological polar surface area (TPSA) is 106 Å². The van der Waals surface area contributed by atoms with Crippen molar-refractivity contribution in [1.29, 1.82) is 0 Å². The Labute approximate surface area is 127 Å². The van der Waals surface area contributed by atoms with Crippen LogP contribution in [0, 0.1) is 0 Å². The molecule has 2 aromatic rings. The zero-order chi connectivity index (χ0) is 16.1. The molecule has 0 spiro atoms. The number of anilines is 3. The molecule has 0 aliphatic heterocycles. The average molecular weight is 300 g/mol. The van der Waals surface area contributed by atoms with Gasteiger partial charge in [0.05, 0.1) is 12.7 Å². The van der Waals surface area contributed by atoms with E-state index in [1.54, 1.807) is 25.2 Å². The minimum absolute atomic E-state index is 0.307. The van der Waals surface area contributed by atoms with Crippen LogP contribution in [0.3, 0.4) is 0 Å². The fourth-order valence-electron chi connectivity index (χ4n) is 1.82. The molecule has 7 nitrogen and oxygen atoms in total. The molecule has 1 amide bonds. The highest BCUT2D eigenvalue weighted by molar-refractivity contribution is 6.05. The highest BCUT2D eigenvalue weighted by atomic mass is 16.5. The zero-order valence-electron chi connectivity index (χ0n) is 12.2. The number of methoxy groups -OCH3 is 1. The van der Waals surface area contributed by atoms with Crippen LogP contribution in [0.15, 0.2) is 36.5 Å². The molecule has 0 radical (unpaired) electrons. The summed E-state index contributed by atoms with van der Waals surface area (Å²) in [6, 6.07) is 8.01. The maximum absolute atomic E-state index is 12.2. The summed E-state index contributed by atoms with van der Waals surface area (Å²) in [6.07, 6.45) is 1.33. The number of nitrogen functional groups attached to an aromatic ring is 1. The smallest absolute Gasteiger partial charge is 0.339 e. The van der Waals surface area contributed by atoms with Crippen molar-refractivity contribution in [3.05, 3.63) is 47.7 Å². The second kappa shape index (κ2) is 6.57. The van der Waals surface area contributed by atoms with Gasteiger partial charge >= 0.3 is 5.97 Å². The molecule has 22 heavy (non-hydrogen) atoms.